The van der Waals surface area contributed by atoms with Crippen LogP contribution in [0.2, 0.25) is 0 Å². The van der Waals surface area contributed by atoms with E-state index in [4.69, 9.17) is 4.74 Å². The predicted octanol–water partition coefficient (Wildman–Crippen LogP) is 2.65. The summed E-state index contributed by atoms with van der Waals surface area (Å²) in [6, 6.07) is 6.46. The van der Waals surface area contributed by atoms with E-state index >= 15 is 0 Å². The van der Waals surface area contributed by atoms with E-state index in [0.29, 0.717) is 12.3 Å². The van der Waals surface area contributed by atoms with Crippen LogP contribution in [0.3, 0.4) is 0 Å². The normalized spacial score (nSPS) is 15.3. The Labute approximate surface area is 139 Å². The number of piperidine rings is 1. The first-order chi connectivity index (χ1) is 10.1. The molecular formula is C17H27ClN2O2. The number of hydrogen-bond acceptors (Lipinski definition) is 3. The number of nitrogens with one attached hydrogen (secondary N) is 2. The van der Waals surface area contributed by atoms with Crippen LogP contribution < -0.4 is 15.4 Å². The molecule has 1 fully saturated rings. The molecule has 1 saturated heterocycles. The molecule has 1 amide bonds. The molecule has 0 atom stereocenters. The SMILES string of the molecule is COc1cc(C2CCNCC2)ccc1CC(=O)NC(C)C.Cl. The molecule has 0 saturated carbocycles. The van der Waals surface area contributed by atoms with Gasteiger partial charge in [-0.05, 0) is 57.3 Å². The van der Waals surface area contributed by atoms with Crippen LogP contribution in [0.4, 0.5) is 0 Å². The Balaban J connectivity index is 0.00000242. The molecule has 0 aromatic heterocycles. The second-order valence-electron chi connectivity index (χ2n) is 5.99. The van der Waals surface area contributed by atoms with Gasteiger partial charge in [-0.25, -0.2) is 0 Å². The van der Waals surface area contributed by atoms with Crippen LogP contribution in [0.1, 0.15) is 43.7 Å². The second-order valence-corrected chi connectivity index (χ2v) is 5.99. The fraction of sp³-hybridized carbons (Fsp3) is 0.588. The van der Waals surface area contributed by atoms with Gasteiger partial charge in [0.25, 0.3) is 0 Å². The first-order valence-corrected chi connectivity index (χ1v) is 7.77. The third kappa shape index (κ3) is 5.18. The maximum Gasteiger partial charge on any atom is 0.224 e. The summed E-state index contributed by atoms with van der Waals surface area (Å²) < 4.78 is 5.49. The van der Waals surface area contributed by atoms with E-state index in [1.807, 2.05) is 19.9 Å². The van der Waals surface area contributed by atoms with Crippen LogP contribution in [0, 0.1) is 0 Å². The molecule has 2 rings (SSSR count). The topological polar surface area (TPSA) is 50.4 Å². The summed E-state index contributed by atoms with van der Waals surface area (Å²) >= 11 is 0. The van der Waals surface area contributed by atoms with Gasteiger partial charge in [-0.3, -0.25) is 4.79 Å². The highest BCUT2D eigenvalue weighted by Gasteiger charge is 2.17. The molecule has 1 aliphatic heterocycles. The zero-order valence-corrected chi connectivity index (χ0v) is 14.5. The summed E-state index contributed by atoms with van der Waals surface area (Å²) in [4.78, 5) is 11.9. The van der Waals surface area contributed by atoms with Crippen LogP contribution >= 0.6 is 12.4 Å². The number of carbonyl (C=O) groups is 1. The summed E-state index contributed by atoms with van der Waals surface area (Å²) in [6.07, 6.45) is 2.69. The number of halogens is 1. The Morgan fingerprint density at radius 1 is 1.36 bits per heavy atom. The van der Waals surface area contributed by atoms with Gasteiger partial charge in [0.15, 0.2) is 0 Å². The van der Waals surface area contributed by atoms with Crippen LogP contribution in [0.25, 0.3) is 0 Å². The molecular weight excluding hydrogens is 300 g/mol. The molecule has 2 N–H and O–H groups in total. The van der Waals surface area contributed by atoms with E-state index in [-0.39, 0.29) is 24.4 Å². The lowest BCUT2D eigenvalue weighted by Gasteiger charge is -2.24. The number of carbonyl (C=O) groups excluding carboxylic acids is 1. The van der Waals surface area contributed by atoms with Gasteiger partial charge < -0.3 is 15.4 Å². The van der Waals surface area contributed by atoms with E-state index < -0.39 is 0 Å². The van der Waals surface area contributed by atoms with Crippen molar-refractivity contribution >= 4 is 18.3 Å². The number of amides is 1. The highest BCUT2D eigenvalue weighted by molar-refractivity contribution is 5.85. The quantitative estimate of drug-likeness (QED) is 0.874. The maximum absolute atomic E-state index is 11.9. The van der Waals surface area contributed by atoms with Crippen LogP contribution in [0.15, 0.2) is 18.2 Å². The average molecular weight is 327 g/mol. The van der Waals surface area contributed by atoms with E-state index in [0.717, 1.165) is 37.2 Å². The van der Waals surface area contributed by atoms with Gasteiger partial charge in [0.05, 0.1) is 13.5 Å². The maximum atomic E-state index is 11.9. The Kier molecular flexibility index (Phi) is 7.69. The fourth-order valence-electron chi connectivity index (χ4n) is 2.86. The third-order valence-electron chi connectivity index (χ3n) is 3.92. The second kappa shape index (κ2) is 9.01. The molecule has 4 nitrogen and oxygen atoms in total. The Bertz CT molecular complexity index is 486. The smallest absolute Gasteiger partial charge is 0.224 e. The molecule has 1 heterocycles. The lowest BCUT2D eigenvalue weighted by molar-refractivity contribution is -0.120. The van der Waals surface area contributed by atoms with Crippen molar-refractivity contribution in [3.63, 3.8) is 0 Å². The molecule has 0 spiro atoms. The first-order valence-electron chi connectivity index (χ1n) is 7.77. The number of ether oxygens (including phenoxy) is 1. The minimum absolute atomic E-state index is 0. The van der Waals surface area contributed by atoms with Gasteiger partial charge in [0, 0.05) is 11.6 Å². The van der Waals surface area contributed by atoms with Crippen LogP contribution in [0.5, 0.6) is 5.75 Å². The molecule has 5 heteroatoms. The number of rotatable bonds is 5. The van der Waals surface area contributed by atoms with E-state index in [2.05, 4.69) is 22.8 Å². The van der Waals surface area contributed by atoms with Crippen LogP contribution in [-0.4, -0.2) is 32.1 Å². The lowest BCUT2D eigenvalue weighted by atomic mass is 9.89. The Morgan fingerprint density at radius 3 is 2.64 bits per heavy atom. The van der Waals surface area contributed by atoms with Gasteiger partial charge >= 0.3 is 0 Å². The van der Waals surface area contributed by atoms with Gasteiger partial charge in [-0.15, -0.1) is 12.4 Å². The number of benzene rings is 1. The highest BCUT2D eigenvalue weighted by atomic mass is 35.5. The van der Waals surface area contributed by atoms with Gasteiger partial charge in [0.2, 0.25) is 5.91 Å². The van der Waals surface area contributed by atoms with Crippen LogP contribution in [-0.2, 0) is 11.2 Å². The molecule has 1 aliphatic rings. The molecule has 0 aliphatic carbocycles. The standard InChI is InChI=1S/C17H26N2O2.ClH/c1-12(2)19-17(20)11-15-5-4-14(10-16(15)21-3)13-6-8-18-9-7-13;/h4-5,10,12-13,18H,6-9,11H2,1-3H3,(H,19,20);1H. The Morgan fingerprint density at radius 2 is 2.05 bits per heavy atom. The molecule has 1 aromatic carbocycles. The van der Waals surface area contributed by atoms with Crippen molar-refractivity contribution < 1.29 is 9.53 Å². The van der Waals surface area contributed by atoms with Crippen molar-refractivity contribution in [2.75, 3.05) is 20.2 Å². The minimum atomic E-state index is 0. The van der Waals surface area contributed by atoms with Crippen molar-refractivity contribution in [3.05, 3.63) is 29.3 Å². The van der Waals surface area contributed by atoms with Gasteiger partial charge in [-0.2, -0.15) is 0 Å². The summed E-state index contributed by atoms with van der Waals surface area (Å²) in [5.74, 6) is 1.46. The number of hydrogen-bond donors (Lipinski definition) is 2. The van der Waals surface area contributed by atoms with Crippen molar-refractivity contribution in [1.82, 2.24) is 10.6 Å². The summed E-state index contributed by atoms with van der Waals surface area (Å²) in [6.45, 7) is 6.09. The van der Waals surface area contributed by atoms with Gasteiger partial charge in [-0.1, -0.05) is 12.1 Å². The predicted molar refractivity (Wildman–Crippen MR) is 92.1 cm³/mol. The molecule has 22 heavy (non-hydrogen) atoms. The zero-order chi connectivity index (χ0) is 15.2. The molecule has 0 radical (unpaired) electrons. The Hall–Kier alpha value is -1.26. The highest BCUT2D eigenvalue weighted by Crippen LogP contribution is 2.30. The summed E-state index contributed by atoms with van der Waals surface area (Å²) in [5.41, 5.74) is 2.27. The third-order valence-corrected chi connectivity index (χ3v) is 3.92. The molecule has 0 unspecified atom stereocenters. The fourth-order valence-corrected chi connectivity index (χ4v) is 2.86. The number of methoxy groups -OCH3 is 1. The van der Waals surface area contributed by atoms with Crippen molar-refractivity contribution in [2.24, 2.45) is 0 Å². The van der Waals surface area contributed by atoms with Gasteiger partial charge in [0.1, 0.15) is 5.75 Å². The largest absolute Gasteiger partial charge is 0.496 e. The minimum Gasteiger partial charge on any atom is -0.496 e. The van der Waals surface area contributed by atoms with E-state index in [1.165, 1.54) is 5.56 Å². The summed E-state index contributed by atoms with van der Waals surface area (Å²) in [7, 11) is 1.67. The zero-order valence-electron chi connectivity index (χ0n) is 13.6. The van der Waals surface area contributed by atoms with Crippen molar-refractivity contribution in [1.29, 1.82) is 0 Å². The van der Waals surface area contributed by atoms with E-state index in [1.54, 1.807) is 7.11 Å². The first kappa shape index (κ1) is 18.8. The summed E-state index contributed by atoms with van der Waals surface area (Å²) in [5, 5.41) is 6.30. The lowest BCUT2D eigenvalue weighted by Crippen LogP contribution is -2.31. The van der Waals surface area contributed by atoms with Crippen molar-refractivity contribution in [2.45, 2.75) is 45.1 Å². The molecule has 0 bridgehead atoms. The monoisotopic (exact) mass is 326 g/mol. The average Bonchev–Trinajstić information content (AvgIpc) is 2.47. The van der Waals surface area contributed by atoms with Crippen molar-refractivity contribution in [3.8, 4) is 5.75 Å². The molecule has 1 aromatic rings. The van der Waals surface area contributed by atoms with E-state index in [9.17, 15) is 4.79 Å². The molecule has 124 valence electrons.